The van der Waals surface area contributed by atoms with Gasteiger partial charge in [-0.2, -0.15) is 0 Å². The summed E-state index contributed by atoms with van der Waals surface area (Å²) in [5, 5.41) is 2.88. The van der Waals surface area contributed by atoms with Crippen molar-refractivity contribution in [2.24, 2.45) is 0 Å². The van der Waals surface area contributed by atoms with Crippen LogP contribution >= 0.6 is 0 Å². The van der Waals surface area contributed by atoms with Crippen LogP contribution in [-0.2, 0) is 16.1 Å². The lowest BCUT2D eigenvalue weighted by Crippen LogP contribution is -2.58. The molecule has 2 heterocycles. The SMILES string of the molecule is CC(=O)N1CCN(C)[C@H](C(=O)NCc2ccccn2)C1. The smallest absolute Gasteiger partial charge is 0.239 e. The monoisotopic (exact) mass is 276 g/mol. The predicted octanol–water partition coefficient (Wildman–Crippen LogP) is -0.140. The number of nitrogens with zero attached hydrogens (tertiary/aromatic N) is 3. The molecular weight excluding hydrogens is 256 g/mol. The minimum absolute atomic E-state index is 0.0145. The van der Waals surface area contributed by atoms with Crippen LogP contribution in [0.4, 0.5) is 0 Å². The average Bonchev–Trinajstić information content (AvgIpc) is 2.46. The van der Waals surface area contributed by atoms with Crippen molar-refractivity contribution in [2.75, 3.05) is 26.7 Å². The Kier molecular flexibility index (Phi) is 4.68. The van der Waals surface area contributed by atoms with E-state index >= 15 is 0 Å². The summed E-state index contributed by atoms with van der Waals surface area (Å²) in [6, 6.07) is 5.30. The van der Waals surface area contributed by atoms with Gasteiger partial charge in [-0.05, 0) is 19.2 Å². The molecule has 0 aromatic carbocycles. The summed E-state index contributed by atoms with van der Waals surface area (Å²) >= 11 is 0. The molecule has 1 atom stereocenters. The summed E-state index contributed by atoms with van der Waals surface area (Å²) in [7, 11) is 1.91. The van der Waals surface area contributed by atoms with Gasteiger partial charge in [0.1, 0.15) is 6.04 Å². The van der Waals surface area contributed by atoms with Crippen LogP contribution in [-0.4, -0.2) is 59.3 Å². The number of hydrogen-bond donors (Lipinski definition) is 1. The van der Waals surface area contributed by atoms with Crippen LogP contribution in [0.1, 0.15) is 12.6 Å². The number of hydrogen-bond acceptors (Lipinski definition) is 4. The number of pyridine rings is 1. The van der Waals surface area contributed by atoms with Gasteiger partial charge in [-0.3, -0.25) is 19.5 Å². The van der Waals surface area contributed by atoms with Crippen molar-refractivity contribution in [2.45, 2.75) is 19.5 Å². The molecule has 2 amide bonds. The Labute approximate surface area is 118 Å². The largest absolute Gasteiger partial charge is 0.349 e. The minimum atomic E-state index is -0.295. The Bertz CT molecular complexity index is 477. The molecule has 1 fully saturated rings. The third-order valence-electron chi connectivity index (χ3n) is 3.57. The lowest BCUT2D eigenvalue weighted by molar-refractivity contribution is -0.135. The lowest BCUT2D eigenvalue weighted by atomic mass is 10.1. The molecule has 0 radical (unpaired) electrons. The van der Waals surface area contributed by atoms with Gasteiger partial charge in [0.15, 0.2) is 0 Å². The fourth-order valence-corrected chi connectivity index (χ4v) is 2.24. The molecule has 1 saturated heterocycles. The maximum atomic E-state index is 12.2. The second kappa shape index (κ2) is 6.47. The van der Waals surface area contributed by atoms with Gasteiger partial charge in [0.2, 0.25) is 11.8 Å². The highest BCUT2D eigenvalue weighted by Crippen LogP contribution is 2.08. The summed E-state index contributed by atoms with van der Waals surface area (Å²) in [5.74, 6) is -0.0512. The molecule has 0 saturated carbocycles. The first kappa shape index (κ1) is 14.5. The number of rotatable bonds is 3. The summed E-state index contributed by atoms with van der Waals surface area (Å²) in [4.78, 5) is 31.5. The summed E-state index contributed by atoms with van der Waals surface area (Å²) in [5.41, 5.74) is 0.822. The molecule has 1 aromatic rings. The molecule has 20 heavy (non-hydrogen) atoms. The highest BCUT2D eigenvalue weighted by Gasteiger charge is 2.30. The van der Waals surface area contributed by atoms with E-state index < -0.39 is 0 Å². The Balaban J connectivity index is 1.91. The second-order valence-corrected chi connectivity index (χ2v) is 5.00. The maximum absolute atomic E-state index is 12.2. The van der Waals surface area contributed by atoms with E-state index in [1.807, 2.05) is 30.1 Å². The van der Waals surface area contributed by atoms with Crippen LogP contribution < -0.4 is 5.32 Å². The maximum Gasteiger partial charge on any atom is 0.239 e. The van der Waals surface area contributed by atoms with E-state index in [-0.39, 0.29) is 17.9 Å². The van der Waals surface area contributed by atoms with Crippen molar-refractivity contribution in [3.05, 3.63) is 30.1 Å². The molecule has 2 rings (SSSR count). The average molecular weight is 276 g/mol. The van der Waals surface area contributed by atoms with Crippen LogP contribution in [0.5, 0.6) is 0 Å². The van der Waals surface area contributed by atoms with Crippen molar-refractivity contribution in [3.8, 4) is 0 Å². The van der Waals surface area contributed by atoms with Gasteiger partial charge in [-0.1, -0.05) is 6.07 Å². The molecule has 1 aliphatic heterocycles. The Hall–Kier alpha value is -1.95. The van der Waals surface area contributed by atoms with Crippen LogP contribution in [0.3, 0.4) is 0 Å². The number of piperazine rings is 1. The van der Waals surface area contributed by atoms with Gasteiger partial charge in [0.05, 0.1) is 12.2 Å². The molecule has 1 aromatic heterocycles. The van der Waals surface area contributed by atoms with Gasteiger partial charge in [-0.15, -0.1) is 0 Å². The molecule has 6 nitrogen and oxygen atoms in total. The molecule has 0 bridgehead atoms. The van der Waals surface area contributed by atoms with Crippen molar-refractivity contribution in [1.29, 1.82) is 0 Å². The first-order valence-electron chi connectivity index (χ1n) is 6.71. The van der Waals surface area contributed by atoms with Crippen molar-refractivity contribution in [3.63, 3.8) is 0 Å². The molecule has 108 valence electrons. The van der Waals surface area contributed by atoms with Gasteiger partial charge in [0.25, 0.3) is 0 Å². The zero-order chi connectivity index (χ0) is 14.5. The lowest BCUT2D eigenvalue weighted by Gasteiger charge is -2.38. The van der Waals surface area contributed by atoms with Crippen LogP contribution in [0.25, 0.3) is 0 Å². The first-order chi connectivity index (χ1) is 9.58. The van der Waals surface area contributed by atoms with E-state index in [1.165, 1.54) is 6.92 Å². The van der Waals surface area contributed by atoms with Crippen LogP contribution in [0.2, 0.25) is 0 Å². The summed E-state index contributed by atoms with van der Waals surface area (Å²) < 4.78 is 0. The van der Waals surface area contributed by atoms with Gasteiger partial charge in [-0.25, -0.2) is 0 Å². The molecule has 6 heteroatoms. The topological polar surface area (TPSA) is 65.5 Å². The van der Waals surface area contributed by atoms with E-state index in [1.54, 1.807) is 11.1 Å². The molecule has 1 N–H and O–H groups in total. The zero-order valence-electron chi connectivity index (χ0n) is 11.9. The van der Waals surface area contributed by atoms with Gasteiger partial charge < -0.3 is 10.2 Å². The normalized spacial score (nSPS) is 19.7. The highest BCUT2D eigenvalue weighted by molar-refractivity contribution is 5.83. The second-order valence-electron chi connectivity index (χ2n) is 5.00. The zero-order valence-corrected chi connectivity index (χ0v) is 11.9. The van der Waals surface area contributed by atoms with Crippen molar-refractivity contribution >= 4 is 11.8 Å². The number of nitrogens with one attached hydrogen (secondary N) is 1. The van der Waals surface area contributed by atoms with Gasteiger partial charge in [0, 0.05) is 32.8 Å². The Morgan fingerprint density at radius 2 is 2.20 bits per heavy atom. The van der Waals surface area contributed by atoms with Crippen LogP contribution in [0.15, 0.2) is 24.4 Å². The number of carbonyl (C=O) groups excluding carboxylic acids is 2. The van der Waals surface area contributed by atoms with E-state index in [0.29, 0.717) is 26.2 Å². The number of amides is 2. The Morgan fingerprint density at radius 1 is 1.40 bits per heavy atom. The van der Waals surface area contributed by atoms with E-state index in [2.05, 4.69) is 10.3 Å². The standard InChI is InChI=1S/C14H20N4O2/c1-11(19)18-8-7-17(2)13(10-18)14(20)16-9-12-5-3-4-6-15-12/h3-6,13H,7-10H2,1-2H3,(H,16,20)/t13-/m0/s1. The summed E-state index contributed by atoms with van der Waals surface area (Å²) in [6.07, 6.45) is 1.70. The quantitative estimate of drug-likeness (QED) is 0.834. The fraction of sp³-hybridized carbons (Fsp3) is 0.500. The van der Waals surface area contributed by atoms with Crippen molar-refractivity contribution < 1.29 is 9.59 Å². The van der Waals surface area contributed by atoms with E-state index in [9.17, 15) is 9.59 Å². The fourth-order valence-electron chi connectivity index (χ4n) is 2.24. The molecular formula is C14H20N4O2. The third kappa shape index (κ3) is 3.54. The number of carbonyl (C=O) groups is 2. The van der Waals surface area contributed by atoms with E-state index in [0.717, 1.165) is 5.69 Å². The summed E-state index contributed by atoms with van der Waals surface area (Å²) in [6.45, 7) is 3.77. The molecule has 0 unspecified atom stereocenters. The molecule has 1 aliphatic rings. The predicted molar refractivity (Wildman–Crippen MR) is 74.8 cm³/mol. The van der Waals surface area contributed by atoms with Crippen LogP contribution in [0, 0.1) is 0 Å². The number of aromatic nitrogens is 1. The van der Waals surface area contributed by atoms with Crippen molar-refractivity contribution in [1.82, 2.24) is 20.1 Å². The van der Waals surface area contributed by atoms with Gasteiger partial charge >= 0.3 is 0 Å². The molecule has 0 spiro atoms. The first-order valence-corrected chi connectivity index (χ1v) is 6.71. The third-order valence-corrected chi connectivity index (χ3v) is 3.57. The number of likely N-dealkylation sites (N-methyl/N-ethyl adjacent to an activating group) is 1. The minimum Gasteiger partial charge on any atom is -0.349 e. The molecule has 0 aliphatic carbocycles. The highest BCUT2D eigenvalue weighted by atomic mass is 16.2. The Morgan fingerprint density at radius 3 is 2.85 bits per heavy atom. The van der Waals surface area contributed by atoms with E-state index in [4.69, 9.17) is 0 Å².